The SMILES string of the molecule is CC/C=c1\c(=C/NC)[nH]c2cnccc12. The fourth-order valence-corrected chi connectivity index (χ4v) is 1.77. The first-order valence-corrected chi connectivity index (χ1v) is 5.16. The van der Waals surface area contributed by atoms with Gasteiger partial charge in [-0.05, 0) is 12.5 Å². The number of nitrogens with zero attached hydrogens (tertiary/aromatic N) is 1. The van der Waals surface area contributed by atoms with Gasteiger partial charge in [-0.15, -0.1) is 0 Å². The van der Waals surface area contributed by atoms with E-state index in [9.17, 15) is 0 Å². The molecule has 0 aromatic carbocycles. The van der Waals surface area contributed by atoms with Crippen molar-refractivity contribution in [2.75, 3.05) is 7.05 Å². The van der Waals surface area contributed by atoms with E-state index < -0.39 is 0 Å². The number of rotatable bonds is 2. The van der Waals surface area contributed by atoms with Gasteiger partial charge >= 0.3 is 0 Å². The molecule has 2 rings (SSSR count). The zero-order valence-electron chi connectivity index (χ0n) is 9.04. The van der Waals surface area contributed by atoms with Gasteiger partial charge in [0.1, 0.15) is 0 Å². The summed E-state index contributed by atoms with van der Waals surface area (Å²) in [6, 6.07) is 2.04. The van der Waals surface area contributed by atoms with E-state index in [2.05, 4.69) is 28.3 Å². The molecule has 2 aromatic heterocycles. The fraction of sp³-hybridized carbons (Fsp3) is 0.250. The Hall–Kier alpha value is -1.77. The molecule has 3 nitrogen and oxygen atoms in total. The molecule has 2 heterocycles. The number of H-pyrrole nitrogens is 1. The second-order valence-electron chi connectivity index (χ2n) is 3.42. The van der Waals surface area contributed by atoms with Crippen molar-refractivity contribution in [3.05, 3.63) is 29.0 Å². The largest absolute Gasteiger partial charge is 0.392 e. The number of nitrogens with one attached hydrogen (secondary N) is 2. The maximum Gasteiger partial charge on any atom is 0.0651 e. The van der Waals surface area contributed by atoms with E-state index >= 15 is 0 Å². The topological polar surface area (TPSA) is 40.7 Å². The molecule has 0 aliphatic heterocycles. The maximum atomic E-state index is 4.11. The molecule has 3 heteroatoms. The van der Waals surface area contributed by atoms with Crippen LogP contribution in [0.15, 0.2) is 18.5 Å². The molecule has 2 aromatic rings. The standard InChI is InChI=1S/C12H15N3/c1-3-4-9-10-5-6-14-8-12(10)15-11(9)7-13-2/h4-8,13,15H,3H2,1-2H3/b9-4-,11-7+. The van der Waals surface area contributed by atoms with Crippen LogP contribution in [0, 0.1) is 0 Å². The van der Waals surface area contributed by atoms with Crippen LogP contribution in [-0.2, 0) is 0 Å². The molecular weight excluding hydrogens is 186 g/mol. The molecule has 15 heavy (non-hydrogen) atoms. The van der Waals surface area contributed by atoms with Gasteiger partial charge in [0.15, 0.2) is 0 Å². The van der Waals surface area contributed by atoms with E-state index in [1.807, 2.05) is 31.7 Å². The minimum absolute atomic E-state index is 1.03. The van der Waals surface area contributed by atoms with Gasteiger partial charge in [-0.25, -0.2) is 0 Å². The average molecular weight is 201 g/mol. The first kappa shape index (κ1) is 9.77. The Balaban J connectivity index is 2.87. The molecule has 0 amide bonds. The van der Waals surface area contributed by atoms with Crippen LogP contribution in [-0.4, -0.2) is 17.0 Å². The Labute approximate surface area is 88.5 Å². The third kappa shape index (κ3) is 1.73. The number of pyridine rings is 1. The Morgan fingerprint density at radius 3 is 3.13 bits per heavy atom. The van der Waals surface area contributed by atoms with Crippen molar-refractivity contribution in [1.82, 2.24) is 15.3 Å². The van der Waals surface area contributed by atoms with Crippen LogP contribution in [0.5, 0.6) is 0 Å². The molecule has 0 saturated heterocycles. The third-order valence-corrected chi connectivity index (χ3v) is 2.37. The minimum Gasteiger partial charge on any atom is -0.392 e. The molecule has 2 N–H and O–H groups in total. The smallest absolute Gasteiger partial charge is 0.0651 e. The zero-order valence-corrected chi connectivity index (χ0v) is 9.04. The van der Waals surface area contributed by atoms with E-state index in [1.54, 1.807) is 0 Å². The predicted octanol–water partition coefficient (Wildman–Crippen LogP) is 0.711. The lowest BCUT2D eigenvalue weighted by molar-refractivity contribution is 1.15. The molecule has 0 spiro atoms. The van der Waals surface area contributed by atoms with Crippen molar-refractivity contribution in [2.45, 2.75) is 13.3 Å². The zero-order chi connectivity index (χ0) is 10.7. The van der Waals surface area contributed by atoms with Gasteiger partial charge in [-0.2, -0.15) is 0 Å². The molecule has 0 bridgehead atoms. The summed E-state index contributed by atoms with van der Waals surface area (Å²) in [7, 11) is 1.90. The summed E-state index contributed by atoms with van der Waals surface area (Å²) in [5.74, 6) is 0. The highest BCUT2D eigenvalue weighted by Crippen LogP contribution is 2.01. The van der Waals surface area contributed by atoms with Crippen molar-refractivity contribution >= 4 is 23.2 Å². The number of fused-ring (bicyclic) bond motifs is 1. The summed E-state index contributed by atoms with van der Waals surface area (Å²) < 4.78 is 0. The van der Waals surface area contributed by atoms with Gasteiger partial charge in [0.2, 0.25) is 0 Å². The van der Waals surface area contributed by atoms with E-state index in [0.717, 1.165) is 17.3 Å². The Bertz CT molecular complexity index is 566. The summed E-state index contributed by atoms with van der Waals surface area (Å²) in [4.78, 5) is 7.45. The second-order valence-corrected chi connectivity index (χ2v) is 3.42. The molecule has 0 atom stereocenters. The summed E-state index contributed by atoms with van der Waals surface area (Å²) in [6.45, 7) is 2.14. The van der Waals surface area contributed by atoms with Gasteiger partial charge in [-0.3, -0.25) is 4.98 Å². The van der Waals surface area contributed by atoms with Crippen molar-refractivity contribution < 1.29 is 0 Å². The van der Waals surface area contributed by atoms with E-state index in [-0.39, 0.29) is 0 Å². The Kier molecular flexibility index (Phi) is 2.72. The molecule has 0 fully saturated rings. The predicted molar refractivity (Wildman–Crippen MR) is 63.6 cm³/mol. The number of aromatic nitrogens is 2. The lowest BCUT2D eigenvalue weighted by atomic mass is 10.2. The van der Waals surface area contributed by atoms with Crippen molar-refractivity contribution in [2.24, 2.45) is 0 Å². The van der Waals surface area contributed by atoms with Crippen molar-refractivity contribution in [3.8, 4) is 0 Å². The highest BCUT2D eigenvalue weighted by atomic mass is 14.8. The quantitative estimate of drug-likeness (QED) is 0.751. The van der Waals surface area contributed by atoms with Gasteiger partial charge in [0.05, 0.1) is 17.1 Å². The maximum absolute atomic E-state index is 4.11. The number of hydrogen-bond donors (Lipinski definition) is 2. The first-order chi connectivity index (χ1) is 7.36. The Morgan fingerprint density at radius 2 is 2.40 bits per heavy atom. The first-order valence-electron chi connectivity index (χ1n) is 5.16. The lowest BCUT2D eigenvalue weighted by Gasteiger charge is -1.86. The lowest BCUT2D eigenvalue weighted by Crippen LogP contribution is -2.25. The van der Waals surface area contributed by atoms with Crippen LogP contribution in [0.2, 0.25) is 0 Å². The van der Waals surface area contributed by atoms with Crippen LogP contribution in [0.25, 0.3) is 23.2 Å². The normalized spacial score (nSPS) is 13.7. The van der Waals surface area contributed by atoms with Gasteiger partial charge in [-0.1, -0.05) is 13.0 Å². The fourth-order valence-electron chi connectivity index (χ4n) is 1.77. The number of aromatic amines is 1. The van der Waals surface area contributed by atoms with Crippen molar-refractivity contribution in [3.63, 3.8) is 0 Å². The molecular formula is C12H15N3. The average Bonchev–Trinajstić information content (AvgIpc) is 2.59. The minimum atomic E-state index is 1.03. The molecule has 0 aliphatic rings. The molecule has 0 aliphatic carbocycles. The van der Waals surface area contributed by atoms with Gasteiger partial charge in [0.25, 0.3) is 0 Å². The molecule has 78 valence electrons. The van der Waals surface area contributed by atoms with Gasteiger partial charge in [0, 0.05) is 30.0 Å². The van der Waals surface area contributed by atoms with Crippen LogP contribution in [0.1, 0.15) is 13.3 Å². The molecule has 0 radical (unpaired) electrons. The van der Waals surface area contributed by atoms with E-state index in [0.29, 0.717) is 0 Å². The van der Waals surface area contributed by atoms with Gasteiger partial charge < -0.3 is 10.3 Å². The monoisotopic (exact) mass is 201 g/mol. The third-order valence-electron chi connectivity index (χ3n) is 2.37. The van der Waals surface area contributed by atoms with Crippen LogP contribution < -0.4 is 15.9 Å². The number of hydrogen-bond acceptors (Lipinski definition) is 2. The molecule has 0 saturated carbocycles. The van der Waals surface area contributed by atoms with Crippen LogP contribution in [0.3, 0.4) is 0 Å². The van der Waals surface area contributed by atoms with Crippen LogP contribution in [0.4, 0.5) is 0 Å². The Morgan fingerprint density at radius 1 is 1.53 bits per heavy atom. The summed E-state index contributed by atoms with van der Waals surface area (Å²) in [5, 5.41) is 6.64. The van der Waals surface area contributed by atoms with Crippen molar-refractivity contribution in [1.29, 1.82) is 0 Å². The second kappa shape index (κ2) is 4.17. The summed E-state index contributed by atoms with van der Waals surface area (Å²) in [6.07, 6.45) is 8.91. The highest BCUT2D eigenvalue weighted by Gasteiger charge is 1.98. The van der Waals surface area contributed by atoms with E-state index in [1.165, 1.54) is 10.6 Å². The highest BCUT2D eigenvalue weighted by molar-refractivity contribution is 5.80. The van der Waals surface area contributed by atoms with Crippen LogP contribution >= 0.6 is 0 Å². The van der Waals surface area contributed by atoms with E-state index in [4.69, 9.17) is 0 Å². The molecule has 0 unspecified atom stereocenters. The summed E-state index contributed by atoms with van der Waals surface area (Å²) in [5.41, 5.74) is 1.08. The summed E-state index contributed by atoms with van der Waals surface area (Å²) >= 11 is 0.